The van der Waals surface area contributed by atoms with E-state index in [-0.39, 0.29) is 22.7 Å². The van der Waals surface area contributed by atoms with Crippen LogP contribution in [0.4, 0.5) is 0 Å². The molecule has 6 aliphatic rings. The molecule has 6 fully saturated rings. The van der Waals surface area contributed by atoms with Crippen LogP contribution in [0.1, 0.15) is 65.2 Å². The van der Waals surface area contributed by atoms with Gasteiger partial charge in [-0.2, -0.15) is 0 Å². The van der Waals surface area contributed by atoms with Crippen molar-refractivity contribution in [2.45, 2.75) is 82.4 Å². The number of rotatable bonds is 0. The normalized spacial score (nSPS) is 58.9. The van der Waals surface area contributed by atoms with Gasteiger partial charge in [0.2, 0.25) is 11.6 Å². The quantitative estimate of drug-likeness (QED) is 0.462. The van der Waals surface area contributed by atoms with Gasteiger partial charge in [0.05, 0.1) is 32.1 Å². The number of aliphatic hydroxyl groups is 1. The van der Waals surface area contributed by atoms with Gasteiger partial charge in [0.1, 0.15) is 5.60 Å². The zero-order valence-electron chi connectivity index (χ0n) is 18.2. The van der Waals surface area contributed by atoms with Crippen molar-refractivity contribution < 1.29 is 29.3 Å². The van der Waals surface area contributed by atoms with Gasteiger partial charge in [-0.15, -0.1) is 0 Å². The highest BCUT2D eigenvalue weighted by Crippen LogP contribution is 2.72. The fourth-order valence-electron chi connectivity index (χ4n) is 8.90. The Morgan fingerprint density at radius 1 is 0.867 bits per heavy atom. The van der Waals surface area contributed by atoms with E-state index in [9.17, 15) is 10.3 Å². The summed E-state index contributed by atoms with van der Waals surface area (Å²) in [6.45, 7) is 6.59. The molecule has 0 aromatic heterocycles. The lowest BCUT2D eigenvalue weighted by molar-refractivity contribution is -0.474. The molecule has 0 spiro atoms. The van der Waals surface area contributed by atoms with Gasteiger partial charge in [-0.1, -0.05) is 31.8 Å². The highest BCUT2D eigenvalue weighted by molar-refractivity contribution is 5.94. The summed E-state index contributed by atoms with van der Waals surface area (Å²) in [6.07, 6.45) is 7.11. The average Bonchev–Trinajstić information content (AvgIpc) is 3.00. The Bertz CT molecular complexity index is 759. The third kappa shape index (κ3) is 2.03. The van der Waals surface area contributed by atoms with E-state index in [2.05, 4.69) is 19.0 Å². The lowest BCUT2D eigenvalue weighted by Crippen LogP contribution is -2.70. The maximum atomic E-state index is 11.8. The Morgan fingerprint density at radius 3 is 2.23 bits per heavy atom. The Balaban J connectivity index is 1.45. The van der Waals surface area contributed by atoms with Crippen LogP contribution in [-0.2, 0) is 18.9 Å². The second-order valence-corrected chi connectivity index (χ2v) is 11.0. The van der Waals surface area contributed by atoms with Crippen LogP contribution >= 0.6 is 0 Å². The van der Waals surface area contributed by atoms with Crippen molar-refractivity contribution in [1.82, 2.24) is 0 Å². The Morgan fingerprint density at radius 2 is 1.53 bits per heavy atom. The minimum absolute atomic E-state index is 0.240. The third-order valence-electron chi connectivity index (χ3n) is 10.3. The lowest BCUT2D eigenvalue weighted by atomic mass is 9.43. The summed E-state index contributed by atoms with van der Waals surface area (Å²) in [5.74, 6) is -0.803. The summed E-state index contributed by atoms with van der Waals surface area (Å²) in [7, 11) is 0. The second kappa shape index (κ2) is 6.19. The molecule has 0 amide bonds. The van der Waals surface area contributed by atoms with E-state index < -0.39 is 17.2 Å². The summed E-state index contributed by atoms with van der Waals surface area (Å²) in [6, 6.07) is 0. The number of hydrogen-bond acceptors (Lipinski definition) is 7. The van der Waals surface area contributed by atoms with Crippen LogP contribution in [-0.4, -0.2) is 59.6 Å². The van der Waals surface area contributed by atoms with Crippen LogP contribution in [0.2, 0.25) is 0 Å². The molecule has 7 nitrogen and oxygen atoms in total. The van der Waals surface area contributed by atoms with Crippen molar-refractivity contribution in [2.75, 3.05) is 26.4 Å². The molecule has 7 heteroatoms. The van der Waals surface area contributed by atoms with E-state index in [1.807, 2.05) is 0 Å². The van der Waals surface area contributed by atoms with Crippen LogP contribution < -0.4 is 0 Å². The number of hydrogen-bond donors (Lipinski definition) is 2. The fraction of sp³-hybridized carbons (Fsp3) is 0.957. The molecule has 6 rings (SSSR count). The Hall–Kier alpha value is -0.730. The van der Waals surface area contributed by atoms with Crippen molar-refractivity contribution in [3.05, 3.63) is 0 Å². The highest BCUT2D eigenvalue weighted by atomic mass is 16.8. The van der Waals surface area contributed by atoms with Crippen LogP contribution in [0, 0.1) is 28.6 Å². The van der Waals surface area contributed by atoms with E-state index in [0.29, 0.717) is 50.9 Å². The van der Waals surface area contributed by atoms with E-state index in [4.69, 9.17) is 18.9 Å². The molecule has 0 unspecified atom stereocenters. The van der Waals surface area contributed by atoms with Crippen LogP contribution in [0.5, 0.6) is 0 Å². The third-order valence-corrected chi connectivity index (χ3v) is 10.3. The van der Waals surface area contributed by atoms with Gasteiger partial charge in [-0.3, -0.25) is 0 Å². The predicted molar refractivity (Wildman–Crippen MR) is 107 cm³/mol. The molecule has 2 aliphatic heterocycles. The molecular formula is C23H35NO6. The first-order valence-electron chi connectivity index (χ1n) is 11.9. The van der Waals surface area contributed by atoms with Gasteiger partial charge < -0.3 is 29.3 Å². The van der Waals surface area contributed by atoms with Gasteiger partial charge in [0.15, 0.2) is 0 Å². The summed E-state index contributed by atoms with van der Waals surface area (Å²) >= 11 is 0. The van der Waals surface area contributed by atoms with Gasteiger partial charge in [0, 0.05) is 17.3 Å². The van der Waals surface area contributed by atoms with Gasteiger partial charge in [-0.05, 0) is 49.9 Å². The van der Waals surface area contributed by atoms with E-state index in [1.165, 1.54) is 0 Å². The van der Waals surface area contributed by atoms with Gasteiger partial charge >= 0.3 is 0 Å². The number of fused-ring (bicyclic) bond motifs is 5. The molecule has 168 valence electrons. The van der Waals surface area contributed by atoms with E-state index >= 15 is 0 Å². The summed E-state index contributed by atoms with van der Waals surface area (Å²) < 4.78 is 25.5. The SMILES string of the molecule is C[C@]12CC[C@H]3[C@@H](C/C(=N/O)[C@@]4(O)CCCC[C@]34C)[C@@H]1CC13OCCOC12OCCO3. The van der Waals surface area contributed by atoms with Gasteiger partial charge in [-0.25, -0.2) is 0 Å². The predicted octanol–water partition coefficient (Wildman–Crippen LogP) is 3.07. The molecule has 0 aromatic carbocycles. The average molecular weight is 422 g/mol. The molecule has 2 saturated heterocycles. The number of oxime groups is 1. The van der Waals surface area contributed by atoms with Crippen molar-refractivity contribution in [3.8, 4) is 0 Å². The highest BCUT2D eigenvalue weighted by Gasteiger charge is 2.80. The Labute approximate surface area is 178 Å². The zero-order chi connectivity index (χ0) is 20.8. The molecule has 0 aromatic rings. The van der Waals surface area contributed by atoms with Crippen LogP contribution in [0.3, 0.4) is 0 Å². The lowest BCUT2D eigenvalue weighted by Gasteiger charge is -2.64. The minimum atomic E-state index is -0.996. The molecule has 0 bridgehead atoms. The molecule has 2 N–H and O–H groups in total. The largest absolute Gasteiger partial charge is 0.411 e. The topological polar surface area (TPSA) is 89.7 Å². The molecule has 0 radical (unpaired) electrons. The molecule has 4 aliphatic carbocycles. The Kier molecular flexibility index (Phi) is 4.11. The monoisotopic (exact) mass is 421 g/mol. The summed E-state index contributed by atoms with van der Waals surface area (Å²) in [5.41, 5.74) is -0.930. The minimum Gasteiger partial charge on any atom is -0.411 e. The number of nitrogens with zero attached hydrogens (tertiary/aromatic N) is 1. The first kappa shape index (κ1) is 19.9. The fourth-order valence-corrected chi connectivity index (χ4v) is 8.90. The van der Waals surface area contributed by atoms with Crippen molar-refractivity contribution in [3.63, 3.8) is 0 Å². The van der Waals surface area contributed by atoms with Crippen molar-refractivity contribution in [1.29, 1.82) is 0 Å². The molecular weight excluding hydrogens is 386 g/mol. The van der Waals surface area contributed by atoms with Gasteiger partial charge in [0.25, 0.3) is 0 Å². The maximum Gasteiger partial charge on any atom is 0.229 e. The van der Waals surface area contributed by atoms with Crippen LogP contribution in [0.15, 0.2) is 5.16 Å². The van der Waals surface area contributed by atoms with E-state index in [0.717, 1.165) is 38.5 Å². The zero-order valence-corrected chi connectivity index (χ0v) is 18.2. The van der Waals surface area contributed by atoms with Crippen molar-refractivity contribution >= 4 is 5.71 Å². The summed E-state index contributed by atoms with van der Waals surface area (Å²) in [4.78, 5) is 0. The van der Waals surface area contributed by atoms with Crippen LogP contribution in [0.25, 0.3) is 0 Å². The first-order chi connectivity index (χ1) is 14.4. The van der Waals surface area contributed by atoms with E-state index in [1.54, 1.807) is 0 Å². The summed E-state index contributed by atoms with van der Waals surface area (Å²) in [5, 5.41) is 25.4. The number of ether oxygens (including phenoxy) is 4. The smallest absolute Gasteiger partial charge is 0.229 e. The molecule has 2 heterocycles. The molecule has 30 heavy (non-hydrogen) atoms. The molecule has 4 saturated carbocycles. The molecule has 6 atom stereocenters. The standard InChI is InChI=1S/C23H35NO6/c1-19-6-3-4-7-21(19,25)18(24-26)13-15-16(19)5-8-20(2)17(15)14-22-23(20,29-11-9-27-22)30-12-10-28-22/h15-17,25-26H,3-14H2,1-2H3/b24-18-/t15-,16+,17+,19-,20+,21+,22?,23?/m1/s1. The van der Waals surface area contributed by atoms with Crippen molar-refractivity contribution in [2.24, 2.45) is 33.7 Å². The second-order valence-electron chi connectivity index (χ2n) is 11.0. The maximum absolute atomic E-state index is 11.8. The first-order valence-corrected chi connectivity index (χ1v) is 11.9.